The summed E-state index contributed by atoms with van der Waals surface area (Å²) in [5.74, 6) is 2.00. The normalized spacial score (nSPS) is 30.2. The molecule has 2 aromatic rings. The molecule has 0 aliphatic heterocycles. The minimum Gasteiger partial charge on any atom is -0.343 e. The number of anilines is 1. The zero-order valence-corrected chi connectivity index (χ0v) is 16.5. The molecule has 4 aliphatic rings. The topological polar surface area (TPSA) is 84.0 Å². The molecule has 0 saturated heterocycles. The molecule has 6 rings (SSSR count). The fourth-order valence-electron chi connectivity index (χ4n) is 5.88. The maximum atomic E-state index is 12.2. The van der Waals surface area contributed by atoms with Gasteiger partial charge in [-0.1, -0.05) is 29.5 Å². The van der Waals surface area contributed by atoms with Gasteiger partial charge in [-0.25, -0.2) is 0 Å². The standard InChI is InChI=1S/C21H24N4O2S/c26-17(12-22-18(27)16-4-2-1-3-5-16)23-20-25-24-19(28-20)21-9-13-6-14(10-21)8-15(7-13)11-21/h1-5,13-15H,6-12H2,(H,22,27)(H,23,25,26). The molecule has 28 heavy (non-hydrogen) atoms. The molecule has 4 bridgehead atoms. The van der Waals surface area contributed by atoms with Gasteiger partial charge >= 0.3 is 0 Å². The molecule has 0 unspecified atom stereocenters. The Labute approximate surface area is 168 Å². The van der Waals surface area contributed by atoms with Gasteiger partial charge in [0, 0.05) is 11.0 Å². The number of nitrogens with zero attached hydrogens (tertiary/aromatic N) is 2. The molecular formula is C21H24N4O2S. The largest absolute Gasteiger partial charge is 0.343 e. The quantitative estimate of drug-likeness (QED) is 0.812. The number of benzene rings is 1. The molecule has 0 radical (unpaired) electrons. The predicted molar refractivity (Wildman–Crippen MR) is 107 cm³/mol. The van der Waals surface area contributed by atoms with Crippen molar-refractivity contribution in [2.75, 3.05) is 11.9 Å². The van der Waals surface area contributed by atoms with E-state index in [2.05, 4.69) is 20.8 Å². The van der Waals surface area contributed by atoms with E-state index >= 15 is 0 Å². The highest BCUT2D eigenvalue weighted by Crippen LogP contribution is 2.61. The van der Waals surface area contributed by atoms with Crippen LogP contribution in [0.25, 0.3) is 0 Å². The Hall–Kier alpha value is -2.28. The van der Waals surface area contributed by atoms with Crippen molar-refractivity contribution in [3.63, 3.8) is 0 Å². The number of carbonyl (C=O) groups is 2. The lowest BCUT2D eigenvalue weighted by Crippen LogP contribution is -2.48. The van der Waals surface area contributed by atoms with Crippen LogP contribution < -0.4 is 10.6 Å². The van der Waals surface area contributed by atoms with Crippen LogP contribution in [0.2, 0.25) is 0 Å². The van der Waals surface area contributed by atoms with Gasteiger partial charge in [0.15, 0.2) is 0 Å². The van der Waals surface area contributed by atoms with Crippen molar-refractivity contribution in [1.29, 1.82) is 0 Å². The number of aromatic nitrogens is 2. The molecule has 4 aliphatic carbocycles. The van der Waals surface area contributed by atoms with Gasteiger partial charge in [-0.2, -0.15) is 0 Å². The van der Waals surface area contributed by atoms with Gasteiger partial charge in [0.2, 0.25) is 11.0 Å². The molecule has 4 fully saturated rings. The second-order valence-corrected chi connectivity index (χ2v) is 9.68. The van der Waals surface area contributed by atoms with Crippen LogP contribution in [-0.4, -0.2) is 28.6 Å². The third-order valence-corrected chi connectivity index (χ3v) is 7.69. The summed E-state index contributed by atoms with van der Waals surface area (Å²) in [7, 11) is 0. The summed E-state index contributed by atoms with van der Waals surface area (Å²) in [6.45, 7) is -0.0833. The van der Waals surface area contributed by atoms with Crippen LogP contribution in [0.5, 0.6) is 0 Å². The minimum atomic E-state index is -0.280. The third kappa shape index (κ3) is 3.32. The maximum absolute atomic E-state index is 12.2. The van der Waals surface area contributed by atoms with Gasteiger partial charge in [-0.05, 0) is 68.4 Å². The van der Waals surface area contributed by atoms with Crippen molar-refractivity contribution in [3.05, 3.63) is 40.9 Å². The van der Waals surface area contributed by atoms with Crippen molar-refractivity contribution >= 4 is 28.3 Å². The van der Waals surface area contributed by atoms with E-state index in [1.54, 1.807) is 24.3 Å². The fraction of sp³-hybridized carbons (Fsp3) is 0.524. The summed E-state index contributed by atoms with van der Waals surface area (Å²) in [5.41, 5.74) is 0.729. The van der Waals surface area contributed by atoms with E-state index < -0.39 is 0 Å². The van der Waals surface area contributed by atoms with E-state index in [9.17, 15) is 9.59 Å². The molecule has 0 spiro atoms. The van der Waals surface area contributed by atoms with Gasteiger partial charge in [0.1, 0.15) is 5.01 Å². The highest BCUT2D eigenvalue weighted by molar-refractivity contribution is 7.15. The Kier molecular flexibility index (Phi) is 4.42. The van der Waals surface area contributed by atoms with Crippen LogP contribution in [0.3, 0.4) is 0 Å². The van der Waals surface area contributed by atoms with Crippen LogP contribution in [0.1, 0.15) is 53.9 Å². The zero-order chi connectivity index (χ0) is 19.1. The van der Waals surface area contributed by atoms with Gasteiger partial charge in [0.25, 0.3) is 5.91 Å². The molecule has 2 amide bonds. The van der Waals surface area contributed by atoms with Crippen molar-refractivity contribution in [1.82, 2.24) is 15.5 Å². The average Bonchev–Trinajstić information content (AvgIpc) is 3.15. The summed E-state index contributed by atoms with van der Waals surface area (Å²) in [6, 6.07) is 8.87. The third-order valence-electron chi connectivity index (χ3n) is 6.61. The molecule has 146 valence electrons. The van der Waals surface area contributed by atoms with Crippen LogP contribution in [0.4, 0.5) is 5.13 Å². The first-order valence-corrected chi connectivity index (χ1v) is 10.9. The Morgan fingerprint density at radius 3 is 2.29 bits per heavy atom. The van der Waals surface area contributed by atoms with Crippen LogP contribution >= 0.6 is 11.3 Å². The van der Waals surface area contributed by atoms with Crippen molar-refractivity contribution in [3.8, 4) is 0 Å². The molecule has 7 heteroatoms. The van der Waals surface area contributed by atoms with Crippen molar-refractivity contribution in [2.45, 2.75) is 43.9 Å². The second-order valence-electron chi connectivity index (χ2n) is 8.71. The average molecular weight is 397 g/mol. The molecule has 2 N–H and O–H groups in total. The summed E-state index contributed by atoms with van der Waals surface area (Å²) < 4.78 is 0. The Bertz CT molecular complexity index is 860. The van der Waals surface area contributed by atoms with E-state index in [4.69, 9.17) is 0 Å². The minimum absolute atomic E-state index is 0.0833. The summed E-state index contributed by atoms with van der Waals surface area (Å²) in [4.78, 5) is 24.3. The van der Waals surface area contributed by atoms with Gasteiger partial charge in [-0.15, -0.1) is 10.2 Å². The molecule has 1 heterocycles. The van der Waals surface area contributed by atoms with E-state index in [0.717, 1.165) is 22.8 Å². The number of hydrogen-bond donors (Lipinski definition) is 2. The fourth-order valence-corrected chi connectivity index (χ4v) is 6.85. The van der Waals surface area contributed by atoms with Crippen LogP contribution in [0.15, 0.2) is 30.3 Å². The molecule has 1 aromatic heterocycles. The number of carbonyl (C=O) groups excluding carboxylic acids is 2. The first-order chi connectivity index (χ1) is 13.6. The zero-order valence-electron chi connectivity index (χ0n) is 15.7. The molecule has 1 aromatic carbocycles. The van der Waals surface area contributed by atoms with Crippen LogP contribution in [0, 0.1) is 17.8 Å². The van der Waals surface area contributed by atoms with E-state index in [1.807, 2.05) is 6.07 Å². The highest BCUT2D eigenvalue weighted by atomic mass is 32.1. The van der Waals surface area contributed by atoms with Crippen molar-refractivity contribution in [2.24, 2.45) is 17.8 Å². The van der Waals surface area contributed by atoms with Gasteiger partial charge in [-0.3, -0.25) is 14.9 Å². The molecule has 6 nitrogen and oxygen atoms in total. The van der Waals surface area contributed by atoms with E-state index in [0.29, 0.717) is 10.7 Å². The molecule has 0 atom stereocenters. The number of amides is 2. The number of rotatable bonds is 5. The van der Waals surface area contributed by atoms with Gasteiger partial charge < -0.3 is 5.32 Å². The summed E-state index contributed by atoms with van der Waals surface area (Å²) in [5, 5.41) is 15.7. The Morgan fingerprint density at radius 2 is 1.64 bits per heavy atom. The number of nitrogens with one attached hydrogen (secondary N) is 2. The lowest BCUT2D eigenvalue weighted by Gasteiger charge is -2.55. The SMILES string of the molecule is O=C(CNC(=O)c1ccccc1)Nc1nnc(C23CC4CC(CC(C4)C2)C3)s1. The number of hydrogen-bond acceptors (Lipinski definition) is 5. The second kappa shape index (κ2) is 6.95. The smallest absolute Gasteiger partial charge is 0.251 e. The first-order valence-electron chi connectivity index (χ1n) is 10.1. The Morgan fingerprint density at radius 1 is 1.00 bits per heavy atom. The monoisotopic (exact) mass is 396 g/mol. The maximum Gasteiger partial charge on any atom is 0.251 e. The lowest BCUT2D eigenvalue weighted by molar-refractivity contribution is -0.115. The van der Waals surface area contributed by atoms with Crippen molar-refractivity contribution < 1.29 is 9.59 Å². The predicted octanol–water partition coefficient (Wildman–Crippen LogP) is 3.37. The summed E-state index contributed by atoms with van der Waals surface area (Å²) in [6.07, 6.45) is 7.87. The van der Waals surface area contributed by atoms with E-state index in [-0.39, 0.29) is 23.8 Å². The summed E-state index contributed by atoms with van der Waals surface area (Å²) >= 11 is 1.51. The van der Waals surface area contributed by atoms with Crippen LogP contribution in [-0.2, 0) is 10.2 Å². The highest BCUT2D eigenvalue weighted by Gasteiger charge is 2.53. The Balaban J connectivity index is 1.20. The van der Waals surface area contributed by atoms with Gasteiger partial charge in [0.05, 0.1) is 6.54 Å². The lowest BCUT2D eigenvalue weighted by atomic mass is 9.50. The first kappa shape index (κ1) is 17.8. The molecular weight excluding hydrogens is 372 g/mol. The van der Waals surface area contributed by atoms with E-state index in [1.165, 1.54) is 49.9 Å². The molecule has 4 saturated carbocycles.